The molecule has 0 atom stereocenters. The van der Waals surface area contributed by atoms with Gasteiger partial charge in [-0.2, -0.15) is 6.42 Å². The van der Waals surface area contributed by atoms with Gasteiger partial charge in [-0.25, -0.2) is 5.57 Å². The zero-order valence-corrected chi connectivity index (χ0v) is 30.1. The summed E-state index contributed by atoms with van der Waals surface area (Å²) in [5.41, 5.74) is 4.01. The van der Waals surface area contributed by atoms with Gasteiger partial charge in [-0.15, -0.1) is 17.6 Å². The van der Waals surface area contributed by atoms with Crippen LogP contribution in [0.5, 0.6) is 0 Å². The van der Waals surface area contributed by atoms with E-state index in [1.54, 1.807) is 0 Å². The molecular weight excluding hydrogens is 535 g/mol. The van der Waals surface area contributed by atoms with Gasteiger partial charge in [-0.1, -0.05) is 105 Å². The van der Waals surface area contributed by atoms with Crippen LogP contribution in [0.2, 0.25) is 5.02 Å². The van der Waals surface area contributed by atoms with Crippen molar-refractivity contribution in [2.24, 2.45) is 0 Å². The molecule has 0 saturated carbocycles. The van der Waals surface area contributed by atoms with Gasteiger partial charge in [-0.3, -0.25) is 15.7 Å². The van der Waals surface area contributed by atoms with Gasteiger partial charge < -0.3 is 21.8 Å². The summed E-state index contributed by atoms with van der Waals surface area (Å²) >= 11 is 5.89. The van der Waals surface area contributed by atoms with Crippen LogP contribution in [0.3, 0.4) is 0 Å². The fourth-order valence-corrected chi connectivity index (χ4v) is 3.51. The number of ether oxygens (including phenoxy) is 1. The van der Waals surface area contributed by atoms with Gasteiger partial charge in [0.15, 0.2) is 5.91 Å². The van der Waals surface area contributed by atoms with Gasteiger partial charge >= 0.3 is 51.4 Å². The molecule has 3 rings (SSSR count). The van der Waals surface area contributed by atoms with Crippen LogP contribution >= 0.6 is 11.6 Å². The molecule has 39 heavy (non-hydrogen) atoms. The fourth-order valence-electron chi connectivity index (χ4n) is 3.39. The first-order valence-corrected chi connectivity index (χ1v) is 14.8. The predicted octanol–water partition coefficient (Wildman–Crippen LogP) is 5.19. The maximum absolute atomic E-state index is 12.7. The van der Waals surface area contributed by atoms with E-state index in [0.29, 0.717) is 11.6 Å². The maximum Gasteiger partial charge on any atom is 1.00 e. The van der Waals surface area contributed by atoms with Crippen molar-refractivity contribution in [1.29, 1.82) is 0 Å². The van der Waals surface area contributed by atoms with Gasteiger partial charge in [0.1, 0.15) is 0 Å². The standard InChI is InChI=1S/C20H27ClNO.C4H7NO.C4H7O.2C2H6.K/c1-5-8-17(9-6-2)19(15(4)7-3)20(23)22-14-16-10-12-18(21)13-11-16;6-4-2-1-3-5-4;1-2-4-5-3-1;2*1-2;/h10-13H,5-8,14H2,1-4H3,(H,22,23);1-3H2,(H,5,6);1H,2-4H2;2*1-2H3;/q-1;;-1;;;+1. The van der Waals surface area contributed by atoms with Crippen LogP contribution in [0.25, 0.3) is 0 Å². The van der Waals surface area contributed by atoms with E-state index in [1.165, 1.54) is 0 Å². The first kappa shape index (κ1) is 43.0. The Morgan fingerprint density at radius 2 is 1.77 bits per heavy atom. The van der Waals surface area contributed by atoms with E-state index in [2.05, 4.69) is 43.9 Å². The van der Waals surface area contributed by atoms with Crippen LogP contribution in [0.15, 0.2) is 41.0 Å². The minimum Gasteiger partial charge on any atom is -0.416 e. The molecule has 2 fully saturated rings. The Morgan fingerprint density at radius 1 is 1.13 bits per heavy atom. The summed E-state index contributed by atoms with van der Waals surface area (Å²) < 4.78 is 4.89. The molecule has 7 heteroatoms. The molecule has 218 valence electrons. The van der Waals surface area contributed by atoms with Crippen molar-refractivity contribution >= 4 is 23.4 Å². The second-order valence-corrected chi connectivity index (χ2v) is 8.62. The molecule has 1 aromatic carbocycles. The first-order valence-electron chi connectivity index (χ1n) is 14.4. The van der Waals surface area contributed by atoms with Crippen LogP contribution < -0.4 is 62.0 Å². The monoisotopic (exact) mass is 587 g/mol. The largest absolute Gasteiger partial charge is 1.00 e. The number of benzene rings is 1. The summed E-state index contributed by atoms with van der Waals surface area (Å²) in [6, 6.07) is 7.54. The first-order chi connectivity index (χ1) is 18.4. The molecule has 2 N–H and O–H groups in total. The third-order valence-corrected chi connectivity index (χ3v) is 5.60. The van der Waals surface area contributed by atoms with E-state index in [0.717, 1.165) is 87.0 Å². The molecule has 0 aliphatic carbocycles. The number of carbonyl (C=O) groups excluding carboxylic acids is 2. The predicted molar refractivity (Wildman–Crippen MR) is 163 cm³/mol. The number of nitrogens with one attached hydrogen (secondary N) is 2. The number of allylic oxidation sites excluding steroid dienone is 2. The van der Waals surface area contributed by atoms with Gasteiger partial charge in [-0.05, 0) is 24.1 Å². The number of rotatable bonds is 8. The zero-order chi connectivity index (χ0) is 29.2. The molecule has 0 radical (unpaired) electrons. The SMILES string of the molecule is CC.CC.CC[C-]=C(CCC)C(C(=O)NCc1ccc(Cl)cc1)=C(C)CC.O=C1CCCN1.[CH-]1CCOC1.[K+]. The Bertz CT molecular complexity index is 789. The Morgan fingerprint density at radius 3 is 2.13 bits per heavy atom. The minimum atomic E-state index is -0.0105. The third kappa shape index (κ3) is 21.9. The number of halogens is 1. The second-order valence-electron chi connectivity index (χ2n) is 8.18. The quantitative estimate of drug-likeness (QED) is 0.190. The molecule has 0 unspecified atom stereocenters. The van der Waals surface area contributed by atoms with E-state index < -0.39 is 0 Å². The summed E-state index contributed by atoms with van der Waals surface area (Å²) in [6.07, 6.45) is 12.0. The van der Waals surface area contributed by atoms with Gasteiger partial charge in [0.25, 0.3) is 0 Å². The maximum atomic E-state index is 12.7. The summed E-state index contributed by atoms with van der Waals surface area (Å²) in [7, 11) is 0. The van der Waals surface area contributed by atoms with Gasteiger partial charge in [0.05, 0.1) is 0 Å². The Hall–Kier alpha value is -0.474. The smallest absolute Gasteiger partial charge is 0.416 e. The van der Waals surface area contributed by atoms with Crippen LogP contribution in [-0.4, -0.2) is 31.6 Å². The molecule has 2 aliphatic heterocycles. The van der Waals surface area contributed by atoms with Crippen molar-refractivity contribution in [2.75, 3.05) is 19.8 Å². The fraction of sp³-hybridized carbons (Fsp3) is 0.594. The molecule has 2 aliphatic rings. The number of hydrogen-bond acceptors (Lipinski definition) is 3. The van der Waals surface area contributed by atoms with E-state index >= 15 is 0 Å². The van der Waals surface area contributed by atoms with Crippen LogP contribution in [0.1, 0.15) is 106 Å². The van der Waals surface area contributed by atoms with Gasteiger partial charge in [0.2, 0.25) is 5.91 Å². The molecule has 0 aromatic heterocycles. The summed E-state index contributed by atoms with van der Waals surface area (Å²) in [5, 5.41) is 6.41. The molecule has 2 heterocycles. The number of carbonyl (C=O) groups is 2. The average Bonchev–Trinajstić information content (AvgIpc) is 3.69. The van der Waals surface area contributed by atoms with Crippen molar-refractivity contribution < 1.29 is 65.7 Å². The van der Waals surface area contributed by atoms with Crippen LogP contribution in [0.4, 0.5) is 0 Å². The Labute approximate surface area is 287 Å². The molecule has 0 bridgehead atoms. The molecule has 2 amide bonds. The van der Waals surface area contributed by atoms with E-state index in [1.807, 2.05) is 58.9 Å². The Balaban J connectivity index is -0.000000655. The third-order valence-electron chi connectivity index (χ3n) is 5.35. The van der Waals surface area contributed by atoms with Crippen molar-refractivity contribution in [2.45, 2.75) is 107 Å². The van der Waals surface area contributed by atoms with E-state index in [4.69, 9.17) is 16.3 Å². The number of hydrogen-bond donors (Lipinski definition) is 2. The summed E-state index contributed by atoms with van der Waals surface area (Å²) in [5.74, 6) is 0.193. The van der Waals surface area contributed by atoms with Crippen molar-refractivity contribution in [3.05, 3.63) is 64.1 Å². The molecule has 0 spiro atoms. The van der Waals surface area contributed by atoms with Crippen molar-refractivity contribution in [1.82, 2.24) is 10.6 Å². The van der Waals surface area contributed by atoms with Crippen molar-refractivity contribution in [3.8, 4) is 0 Å². The summed E-state index contributed by atoms with van der Waals surface area (Å²) in [6.45, 7) is 19.5. The topological polar surface area (TPSA) is 67.4 Å². The molecule has 2 saturated heterocycles. The van der Waals surface area contributed by atoms with Crippen LogP contribution in [-0.2, 0) is 20.9 Å². The molecular formula is C32H53ClKN2O3-. The Kier molecular flexibility index (Phi) is 33.6. The molecule has 1 aromatic rings. The number of amides is 2. The second kappa shape index (κ2) is 30.5. The summed E-state index contributed by atoms with van der Waals surface area (Å²) in [4.78, 5) is 22.9. The average molecular weight is 588 g/mol. The van der Waals surface area contributed by atoms with E-state index in [-0.39, 0.29) is 63.2 Å². The minimum absolute atomic E-state index is 0. The molecule has 5 nitrogen and oxygen atoms in total. The normalized spacial score (nSPS) is 14.2. The van der Waals surface area contributed by atoms with Crippen LogP contribution in [0, 0.1) is 12.5 Å². The van der Waals surface area contributed by atoms with E-state index in [9.17, 15) is 9.59 Å². The van der Waals surface area contributed by atoms with Gasteiger partial charge in [0, 0.05) is 31.1 Å². The zero-order valence-electron chi connectivity index (χ0n) is 26.3. The van der Waals surface area contributed by atoms with Crippen molar-refractivity contribution in [3.63, 3.8) is 0 Å².